The molecule has 0 saturated carbocycles. The van der Waals surface area contributed by atoms with Crippen molar-refractivity contribution in [3.05, 3.63) is 82.5 Å². The number of hydrogen-bond donors (Lipinski definition) is 1. The number of methoxy groups -OCH3 is 1. The fourth-order valence-corrected chi connectivity index (χ4v) is 3.38. The van der Waals surface area contributed by atoms with Crippen LogP contribution in [0.15, 0.2) is 76.9 Å². The van der Waals surface area contributed by atoms with Crippen molar-refractivity contribution >= 4 is 24.5 Å². The van der Waals surface area contributed by atoms with Gasteiger partial charge in [0.1, 0.15) is 0 Å². The van der Waals surface area contributed by atoms with Crippen molar-refractivity contribution < 1.29 is 19.1 Å². The van der Waals surface area contributed by atoms with Crippen LogP contribution in [0, 0.1) is 5.41 Å². The summed E-state index contributed by atoms with van der Waals surface area (Å²) in [7, 11) is 1.34. The minimum Gasteiger partial charge on any atom is -0.466 e. The van der Waals surface area contributed by atoms with E-state index in [0.717, 1.165) is 16.8 Å². The number of rotatable bonds is 9. The van der Waals surface area contributed by atoms with Crippen LogP contribution in [-0.2, 0) is 25.7 Å². The highest BCUT2D eigenvalue weighted by molar-refractivity contribution is 7.84. The number of allylic oxidation sites excluding steroid dienone is 5. The third-order valence-electron chi connectivity index (χ3n) is 4.76. The zero-order valence-corrected chi connectivity index (χ0v) is 22.2. The van der Waals surface area contributed by atoms with Crippen LogP contribution in [0.2, 0.25) is 0 Å². The summed E-state index contributed by atoms with van der Waals surface area (Å²) in [5.74, 6) is -0.370. The Labute approximate surface area is 210 Å². The molecule has 0 radical (unpaired) electrons. The second-order valence-electron chi connectivity index (χ2n) is 8.75. The Morgan fingerprint density at radius 1 is 1.12 bits per heavy atom. The molecular weight excluding hydrogens is 446 g/mol. The van der Waals surface area contributed by atoms with Gasteiger partial charge in [0.2, 0.25) is 5.91 Å². The lowest BCUT2D eigenvalue weighted by molar-refractivity contribution is -0.135. The van der Waals surface area contributed by atoms with Gasteiger partial charge in [-0.2, -0.15) is 0 Å². The number of carbonyl (C=O) groups excluding carboxylic acids is 2. The minimum absolute atomic E-state index is 0.0585. The van der Waals surface area contributed by atoms with Crippen molar-refractivity contribution in [1.82, 2.24) is 4.90 Å². The average Bonchev–Trinajstić information content (AvgIpc) is 2.99. The van der Waals surface area contributed by atoms with E-state index in [1.807, 2.05) is 62.4 Å². The van der Waals surface area contributed by atoms with Crippen LogP contribution in [0.3, 0.4) is 0 Å². The first-order valence-electron chi connectivity index (χ1n) is 11.7. The molecule has 186 valence electrons. The molecule has 2 rings (SSSR count). The van der Waals surface area contributed by atoms with Crippen molar-refractivity contribution in [2.75, 3.05) is 20.3 Å². The summed E-state index contributed by atoms with van der Waals surface area (Å²) in [4.78, 5) is 27.1. The van der Waals surface area contributed by atoms with Gasteiger partial charge in [-0.05, 0) is 34.8 Å². The normalized spacial score (nSPS) is 13.7. The standard InChI is InChI=1S/C26H33NO4S.C2H6/c1-26(2,3)18-24(28)27(16-17-31-19-20-8-6-5-7-9-20)22-12-10-21(23(32)14-13-22)11-15-25(29)30-4;1-2/h5-11,13-15,32H,12,16-19H2,1-4H3;1-2H3/b15-11+;. The average molecular weight is 486 g/mol. The molecule has 34 heavy (non-hydrogen) atoms. The van der Waals surface area contributed by atoms with E-state index in [1.54, 1.807) is 11.0 Å². The van der Waals surface area contributed by atoms with Gasteiger partial charge >= 0.3 is 5.97 Å². The molecule has 0 atom stereocenters. The summed E-state index contributed by atoms with van der Waals surface area (Å²) in [5, 5.41) is 0. The molecule has 1 aromatic rings. The Bertz CT molecular complexity index is 908. The largest absolute Gasteiger partial charge is 0.466 e. The van der Waals surface area contributed by atoms with Gasteiger partial charge in [-0.3, -0.25) is 4.79 Å². The Morgan fingerprint density at radius 3 is 2.41 bits per heavy atom. The molecule has 0 aliphatic heterocycles. The predicted molar refractivity (Wildman–Crippen MR) is 142 cm³/mol. The smallest absolute Gasteiger partial charge is 0.330 e. The van der Waals surface area contributed by atoms with Crippen molar-refractivity contribution in [2.24, 2.45) is 5.41 Å². The van der Waals surface area contributed by atoms with E-state index in [1.165, 1.54) is 13.2 Å². The van der Waals surface area contributed by atoms with Gasteiger partial charge in [0, 0.05) is 36.1 Å². The van der Waals surface area contributed by atoms with Gasteiger partial charge in [-0.1, -0.05) is 71.0 Å². The van der Waals surface area contributed by atoms with Gasteiger partial charge < -0.3 is 14.4 Å². The lowest BCUT2D eigenvalue weighted by Crippen LogP contribution is -2.35. The van der Waals surface area contributed by atoms with E-state index in [-0.39, 0.29) is 11.3 Å². The molecule has 6 heteroatoms. The maximum Gasteiger partial charge on any atom is 0.330 e. The fourth-order valence-electron chi connectivity index (χ4n) is 3.14. The van der Waals surface area contributed by atoms with Gasteiger partial charge in [-0.25, -0.2) is 4.79 Å². The number of thiol groups is 1. The molecular formula is C28H39NO4S. The number of ether oxygens (including phenoxy) is 2. The van der Waals surface area contributed by atoms with E-state index in [2.05, 4.69) is 38.1 Å². The highest BCUT2D eigenvalue weighted by atomic mass is 32.1. The summed E-state index contributed by atoms with van der Waals surface area (Å²) >= 11 is 4.53. The first kappa shape index (κ1) is 29.5. The molecule has 1 aromatic carbocycles. The zero-order valence-electron chi connectivity index (χ0n) is 21.3. The van der Waals surface area contributed by atoms with Crippen LogP contribution < -0.4 is 0 Å². The molecule has 0 unspecified atom stereocenters. The number of hydrogen-bond acceptors (Lipinski definition) is 5. The van der Waals surface area contributed by atoms with Crippen LogP contribution >= 0.6 is 12.6 Å². The topological polar surface area (TPSA) is 55.8 Å². The summed E-state index contributed by atoms with van der Waals surface area (Å²) in [6.07, 6.45) is 9.72. The van der Waals surface area contributed by atoms with Gasteiger partial charge in [-0.15, -0.1) is 12.6 Å². The molecule has 0 fully saturated rings. The summed E-state index contributed by atoms with van der Waals surface area (Å²) in [6.45, 7) is 11.6. The zero-order chi connectivity index (χ0) is 25.6. The molecule has 5 nitrogen and oxygen atoms in total. The molecule has 0 saturated heterocycles. The van der Waals surface area contributed by atoms with Crippen molar-refractivity contribution in [3.8, 4) is 0 Å². The van der Waals surface area contributed by atoms with E-state index < -0.39 is 5.97 Å². The van der Waals surface area contributed by atoms with E-state index in [0.29, 0.717) is 37.5 Å². The van der Waals surface area contributed by atoms with E-state index in [9.17, 15) is 9.59 Å². The molecule has 1 amide bonds. The second kappa shape index (κ2) is 15.4. The molecule has 0 bridgehead atoms. The Kier molecular flexibility index (Phi) is 13.3. The lowest BCUT2D eigenvalue weighted by atomic mass is 9.91. The SMILES string of the molecule is CC.COC(=O)/C=C/C1=CCC(N(CCOCc2ccccc2)C(=O)CC(C)(C)C)=CC=C1S. The van der Waals surface area contributed by atoms with Crippen LogP contribution in [0.25, 0.3) is 0 Å². The number of carbonyl (C=O) groups is 2. The maximum absolute atomic E-state index is 13.1. The quantitative estimate of drug-likeness (QED) is 0.194. The van der Waals surface area contributed by atoms with E-state index >= 15 is 0 Å². The second-order valence-corrected chi connectivity index (χ2v) is 9.23. The molecule has 0 N–H and O–H groups in total. The van der Waals surface area contributed by atoms with Gasteiger partial charge in [0.25, 0.3) is 0 Å². The predicted octanol–water partition coefficient (Wildman–Crippen LogP) is 6.25. The summed E-state index contributed by atoms with van der Waals surface area (Å²) in [6, 6.07) is 9.97. The number of esters is 1. The Hall–Kier alpha value is -2.57. The van der Waals surface area contributed by atoms with Crippen molar-refractivity contribution in [2.45, 2.75) is 54.1 Å². The number of benzene rings is 1. The summed E-state index contributed by atoms with van der Waals surface area (Å²) in [5.41, 5.74) is 2.64. The van der Waals surface area contributed by atoms with Crippen LogP contribution in [0.4, 0.5) is 0 Å². The van der Waals surface area contributed by atoms with Crippen LogP contribution in [-0.4, -0.2) is 37.0 Å². The molecule has 1 aliphatic rings. The molecule has 0 spiro atoms. The Balaban J connectivity index is 0.00000281. The van der Waals surface area contributed by atoms with Crippen molar-refractivity contribution in [3.63, 3.8) is 0 Å². The third-order valence-corrected chi connectivity index (χ3v) is 5.17. The fraction of sp³-hybridized carbons (Fsp3) is 0.429. The first-order valence-corrected chi connectivity index (χ1v) is 12.1. The summed E-state index contributed by atoms with van der Waals surface area (Å²) < 4.78 is 10.5. The van der Waals surface area contributed by atoms with Gasteiger partial charge in [0.05, 0.1) is 20.3 Å². The third kappa shape index (κ3) is 11.0. The van der Waals surface area contributed by atoms with Gasteiger partial charge in [0.15, 0.2) is 0 Å². The molecule has 0 aromatic heterocycles. The lowest BCUT2D eigenvalue weighted by Gasteiger charge is -2.28. The first-order chi connectivity index (χ1) is 16.2. The highest BCUT2D eigenvalue weighted by Crippen LogP contribution is 2.26. The number of amides is 1. The molecule has 1 aliphatic carbocycles. The van der Waals surface area contributed by atoms with E-state index in [4.69, 9.17) is 4.74 Å². The van der Waals surface area contributed by atoms with Crippen molar-refractivity contribution in [1.29, 1.82) is 0 Å². The molecule has 0 heterocycles. The van der Waals surface area contributed by atoms with Crippen LogP contribution in [0.5, 0.6) is 0 Å². The Morgan fingerprint density at radius 2 is 1.79 bits per heavy atom. The number of nitrogens with zero attached hydrogens (tertiary/aromatic N) is 1. The minimum atomic E-state index is -0.429. The van der Waals surface area contributed by atoms with Crippen LogP contribution in [0.1, 0.15) is 53.0 Å². The maximum atomic E-state index is 13.1. The highest BCUT2D eigenvalue weighted by Gasteiger charge is 2.23. The monoisotopic (exact) mass is 485 g/mol.